The molecule has 0 N–H and O–H groups in total. The van der Waals surface area contributed by atoms with E-state index in [1.54, 1.807) is 24.5 Å². The number of pyridine rings is 1. The second kappa shape index (κ2) is 3.47. The first-order valence-corrected chi connectivity index (χ1v) is 5.33. The molecular weight excluding hydrogens is 221 g/mol. The van der Waals surface area contributed by atoms with E-state index in [4.69, 9.17) is 0 Å². The fourth-order valence-corrected chi connectivity index (χ4v) is 1.56. The maximum Gasteiger partial charge on any atom is 0.488 e. The first-order chi connectivity index (χ1) is 7.04. The van der Waals surface area contributed by atoms with Crippen LogP contribution in [0.2, 0.25) is 0 Å². The van der Waals surface area contributed by atoms with Crippen LogP contribution in [0.25, 0.3) is 10.8 Å². The van der Waals surface area contributed by atoms with Gasteiger partial charge in [-0.25, -0.2) is 0 Å². The molecule has 0 aliphatic heterocycles. The third kappa shape index (κ3) is 2.41. The van der Waals surface area contributed by atoms with Gasteiger partial charge in [-0.3, -0.25) is 4.98 Å². The summed E-state index contributed by atoms with van der Waals surface area (Å²) in [5, 5.41) is 1.55. The second-order valence-corrected chi connectivity index (χ2v) is 3.81. The molecule has 1 heterocycles. The van der Waals surface area contributed by atoms with E-state index in [1.165, 1.54) is 12.1 Å². The third-order valence-corrected chi connectivity index (χ3v) is 2.20. The largest absolute Gasteiger partial charge is 0.488 e. The summed E-state index contributed by atoms with van der Waals surface area (Å²) in [7, 11) is -4.96. The Balaban J connectivity index is 2.48. The number of aromatic nitrogens is 1. The molecule has 1 aromatic carbocycles. The lowest BCUT2D eigenvalue weighted by atomic mass is 10.2. The molecule has 0 aliphatic rings. The molecule has 78 valence electrons. The molecular formula is C9H6FNO3S. The lowest BCUT2D eigenvalue weighted by Crippen LogP contribution is -2.00. The minimum absolute atomic E-state index is 0.0591. The summed E-state index contributed by atoms with van der Waals surface area (Å²) in [6.07, 6.45) is 3.17. The van der Waals surface area contributed by atoms with Gasteiger partial charge in [0, 0.05) is 17.8 Å². The lowest BCUT2D eigenvalue weighted by Gasteiger charge is -2.01. The monoisotopic (exact) mass is 227 g/mol. The molecule has 0 amide bonds. The highest BCUT2D eigenvalue weighted by molar-refractivity contribution is 7.81. The molecule has 2 rings (SSSR count). The number of halogens is 1. The Morgan fingerprint density at radius 3 is 2.73 bits per heavy atom. The van der Waals surface area contributed by atoms with Gasteiger partial charge < -0.3 is 4.18 Å². The van der Waals surface area contributed by atoms with Crippen LogP contribution in [0.15, 0.2) is 36.7 Å². The van der Waals surface area contributed by atoms with Crippen molar-refractivity contribution in [1.82, 2.24) is 4.98 Å². The third-order valence-electron chi connectivity index (χ3n) is 1.81. The molecule has 0 saturated heterocycles. The van der Waals surface area contributed by atoms with Gasteiger partial charge in [-0.15, -0.1) is 0 Å². The summed E-state index contributed by atoms with van der Waals surface area (Å²) < 4.78 is 36.8. The number of fused-ring (bicyclic) bond motifs is 1. The van der Waals surface area contributed by atoms with E-state index in [0.717, 1.165) is 10.8 Å². The van der Waals surface area contributed by atoms with Crippen LogP contribution in [0, 0.1) is 0 Å². The number of benzene rings is 1. The van der Waals surface area contributed by atoms with E-state index < -0.39 is 10.5 Å². The van der Waals surface area contributed by atoms with Crippen molar-refractivity contribution < 1.29 is 16.5 Å². The molecule has 0 spiro atoms. The van der Waals surface area contributed by atoms with Gasteiger partial charge in [-0.05, 0) is 29.7 Å². The average molecular weight is 227 g/mol. The van der Waals surface area contributed by atoms with Gasteiger partial charge in [-0.2, -0.15) is 8.42 Å². The Morgan fingerprint density at radius 2 is 2.00 bits per heavy atom. The summed E-state index contributed by atoms with van der Waals surface area (Å²) in [5.74, 6) is -0.0591. The molecule has 4 nitrogen and oxygen atoms in total. The van der Waals surface area contributed by atoms with Gasteiger partial charge in [0.05, 0.1) is 0 Å². The Kier molecular flexibility index (Phi) is 2.28. The first-order valence-electron chi connectivity index (χ1n) is 4.02. The van der Waals surface area contributed by atoms with E-state index in [-0.39, 0.29) is 5.75 Å². The topological polar surface area (TPSA) is 56.3 Å². The van der Waals surface area contributed by atoms with E-state index in [1.807, 2.05) is 0 Å². The molecule has 0 saturated carbocycles. The molecule has 0 atom stereocenters. The first kappa shape index (κ1) is 9.85. The van der Waals surface area contributed by atoms with Crippen molar-refractivity contribution in [2.45, 2.75) is 0 Å². The van der Waals surface area contributed by atoms with Crippen molar-refractivity contribution in [3.63, 3.8) is 0 Å². The maximum absolute atomic E-state index is 12.2. The Bertz CT molecular complexity index is 597. The Morgan fingerprint density at radius 1 is 1.20 bits per heavy atom. The smallest absolute Gasteiger partial charge is 0.358 e. The number of nitrogens with zero attached hydrogens (tertiary/aromatic N) is 1. The normalized spacial score (nSPS) is 11.5. The molecule has 0 bridgehead atoms. The summed E-state index contributed by atoms with van der Waals surface area (Å²) in [6.45, 7) is 0. The average Bonchev–Trinajstić information content (AvgIpc) is 2.15. The molecule has 0 unspecified atom stereocenters. The summed E-state index contributed by atoms with van der Waals surface area (Å²) in [6, 6.07) is 6.06. The number of rotatable bonds is 2. The highest BCUT2D eigenvalue weighted by Gasteiger charge is 2.09. The van der Waals surface area contributed by atoms with Crippen LogP contribution in [-0.2, 0) is 10.5 Å². The summed E-state index contributed by atoms with van der Waals surface area (Å²) in [4.78, 5) is 3.88. The zero-order valence-electron chi connectivity index (χ0n) is 7.42. The fourth-order valence-electron chi connectivity index (χ4n) is 1.23. The summed E-state index contributed by atoms with van der Waals surface area (Å²) >= 11 is 0. The van der Waals surface area contributed by atoms with Crippen LogP contribution in [-0.4, -0.2) is 13.4 Å². The fraction of sp³-hybridized carbons (Fsp3) is 0. The van der Waals surface area contributed by atoms with E-state index in [2.05, 4.69) is 9.17 Å². The molecule has 1 aromatic heterocycles. The Labute approximate surface area is 85.7 Å². The van der Waals surface area contributed by atoms with Crippen molar-refractivity contribution in [2.75, 3.05) is 0 Å². The van der Waals surface area contributed by atoms with Gasteiger partial charge in [0.15, 0.2) is 0 Å². The van der Waals surface area contributed by atoms with Gasteiger partial charge >= 0.3 is 10.5 Å². The molecule has 15 heavy (non-hydrogen) atoms. The molecule has 0 aliphatic carbocycles. The van der Waals surface area contributed by atoms with Crippen LogP contribution < -0.4 is 4.18 Å². The van der Waals surface area contributed by atoms with Gasteiger partial charge in [-0.1, -0.05) is 3.89 Å². The lowest BCUT2D eigenvalue weighted by molar-refractivity contribution is 0.440. The zero-order valence-corrected chi connectivity index (χ0v) is 8.24. The second-order valence-electron chi connectivity index (χ2n) is 2.86. The van der Waals surface area contributed by atoms with E-state index in [0.29, 0.717) is 0 Å². The minimum atomic E-state index is -4.96. The standard InChI is InChI=1S/C9H6FNO3S/c10-15(12,13)14-9-2-1-8-6-11-4-3-7(8)5-9/h1-6H. The SMILES string of the molecule is O=S(=O)(F)Oc1ccc2cnccc2c1. The van der Waals surface area contributed by atoms with Gasteiger partial charge in [0.2, 0.25) is 0 Å². The van der Waals surface area contributed by atoms with Crippen LogP contribution in [0.4, 0.5) is 3.89 Å². The predicted molar refractivity (Wildman–Crippen MR) is 52.4 cm³/mol. The van der Waals surface area contributed by atoms with Crippen LogP contribution in [0.3, 0.4) is 0 Å². The van der Waals surface area contributed by atoms with Crippen LogP contribution in [0.5, 0.6) is 5.75 Å². The summed E-state index contributed by atoms with van der Waals surface area (Å²) in [5.41, 5.74) is 0. The predicted octanol–water partition coefficient (Wildman–Crippen LogP) is 1.83. The number of hydrogen-bond donors (Lipinski definition) is 0. The van der Waals surface area contributed by atoms with Crippen molar-refractivity contribution >= 4 is 21.3 Å². The van der Waals surface area contributed by atoms with Crippen molar-refractivity contribution in [2.24, 2.45) is 0 Å². The minimum Gasteiger partial charge on any atom is -0.358 e. The quantitative estimate of drug-likeness (QED) is 0.734. The van der Waals surface area contributed by atoms with E-state index >= 15 is 0 Å². The number of hydrogen-bond acceptors (Lipinski definition) is 4. The zero-order chi connectivity index (χ0) is 10.9. The molecule has 2 aromatic rings. The van der Waals surface area contributed by atoms with Crippen molar-refractivity contribution in [1.29, 1.82) is 0 Å². The molecule has 0 radical (unpaired) electrons. The van der Waals surface area contributed by atoms with Crippen molar-refractivity contribution in [3.05, 3.63) is 36.7 Å². The van der Waals surface area contributed by atoms with E-state index in [9.17, 15) is 12.3 Å². The van der Waals surface area contributed by atoms with Gasteiger partial charge in [0.25, 0.3) is 0 Å². The van der Waals surface area contributed by atoms with Crippen LogP contribution >= 0.6 is 0 Å². The molecule has 0 fully saturated rings. The highest BCUT2D eigenvalue weighted by atomic mass is 32.3. The van der Waals surface area contributed by atoms with Gasteiger partial charge in [0.1, 0.15) is 5.75 Å². The van der Waals surface area contributed by atoms with Crippen molar-refractivity contribution in [3.8, 4) is 5.75 Å². The Hall–Kier alpha value is -1.69. The molecule has 6 heteroatoms. The maximum atomic E-state index is 12.2. The van der Waals surface area contributed by atoms with Crippen LogP contribution in [0.1, 0.15) is 0 Å². The highest BCUT2D eigenvalue weighted by Crippen LogP contribution is 2.21.